The molecule has 164 valence electrons. The van der Waals surface area contributed by atoms with Crippen LogP contribution in [0, 0.1) is 0 Å². The summed E-state index contributed by atoms with van der Waals surface area (Å²) in [7, 11) is 0. The van der Waals surface area contributed by atoms with E-state index in [2.05, 4.69) is 6.92 Å². The van der Waals surface area contributed by atoms with Crippen molar-refractivity contribution in [3.8, 4) is 5.75 Å². The van der Waals surface area contributed by atoms with Crippen molar-refractivity contribution in [1.82, 2.24) is 4.57 Å². The molecule has 0 saturated carbocycles. The Bertz CT molecular complexity index is 1000. The first-order valence-electron chi connectivity index (χ1n) is 11.1. The molecule has 0 radical (unpaired) electrons. The molecule has 3 aromatic rings. The topological polar surface area (TPSA) is 68.5 Å². The van der Waals surface area contributed by atoms with Crippen LogP contribution in [0.1, 0.15) is 61.5 Å². The third kappa shape index (κ3) is 6.45. The van der Waals surface area contributed by atoms with Crippen LogP contribution in [0.4, 0.5) is 0 Å². The Morgan fingerprint density at radius 3 is 2.39 bits per heavy atom. The average molecular weight is 422 g/mol. The highest BCUT2D eigenvalue weighted by atomic mass is 16.5. The molecular formula is C26H31NO4. The first-order valence-corrected chi connectivity index (χ1v) is 11.1. The molecule has 3 rings (SSSR count). The normalized spacial score (nSPS) is 11.0. The third-order valence-corrected chi connectivity index (χ3v) is 5.51. The largest absolute Gasteiger partial charge is 0.486 e. The molecule has 0 atom stereocenters. The molecule has 5 nitrogen and oxygen atoms in total. The summed E-state index contributed by atoms with van der Waals surface area (Å²) in [6, 6.07) is 16.8. The monoisotopic (exact) mass is 421 g/mol. The summed E-state index contributed by atoms with van der Waals surface area (Å²) in [5.41, 5.74) is 2.11. The minimum Gasteiger partial charge on any atom is -0.486 e. The third-order valence-electron chi connectivity index (χ3n) is 5.51. The number of benzene rings is 2. The predicted octanol–water partition coefficient (Wildman–Crippen LogP) is 5.89. The van der Waals surface area contributed by atoms with Crippen LogP contribution in [-0.4, -0.2) is 28.0 Å². The van der Waals surface area contributed by atoms with Crippen LogP contribution in [-0.2, 0) is 17.8 Å². The van der Waals surface area contributed by atoms with Gasteiger partial charge in [-0.05, 0) is 42.7 Å². The number of rotatable bonds is 13. The maximum atomic E-state index is 12.5. The molecule has 0 aliphatic heterocycles. The summed E-state index contributed by atoms with van der Waals surface area (Å²) < 4.78 is 7.18. The highest BCUT2D eigenvalue weighted by Gasteiger charge is 2.17. The zero-order valence-electron chi connectivity index (χ0n) is 18.2. The lowest BCUT2D eigenvalue weighted by Gasteiger charge is -2.10. The lowest BCUT2D eigenvalue weighted by Crippen LogP contribution is -2.20. The summed E-state index contributed by atoms with van der Waals surface area (Å²) in [5.74, 6) is -0.582. The first-order chi connectivity index (χ1) is 15.1. The molecule has 5 heteroatoms. The van der Waals surface area contributed by atoms with E-state index in [0.717, 1.165) is 17.3 Å². The number of unbranched alkanes of at least 4 members (excludes halogenated alkanes) is 5. The second-order valence-corrected chi connectivity index (χ2v) is 7.97. The van der Waals surface area contributed by atoms with Crippen molar-refractivity contribution in [3.05, 3.63) is 65.9 Å². The second kappa shape index (κ2) is 11.3. The molecule has 0 saturated heterocycles. The van der Waals surface area contributed by atoms with Crippen LogP contribution in [0.5, 0.6) is 5.75 Å². The molecule has 1 N–H and O–H groups in total. The number of aromatic nitrogens is 1. The predicted molar refractivity (Wildman–Crippen MR) is 123 cm³/mol. The number of aromatic carboxylic acids is 1. The number of hydrogen-bond acceptors (Lipinski definition) is 3. The van der Waals surface area contributed by atoms with E-state index in [-0.39, 0.29) is 24.6 Å². The van der Waals surface area contributed by atoms with Crippen molar-refractivity contribution < 1.29 is 19.4 Å². The number of nitrogens with zero attached hydrogens (tertiary/aromatic N) is 1. The van der Waals surface area contributed by atoms with Crippen molar-refractivity contribution in [2.45, 2.75) is 58.4 Å². The van der Waals surface area contributed by atoms with E-state index in [1.807, 2.05) is 48.5 Å². The lowest BCUT2D eigenvalue weighted by molar-refractivity contribution is -0.121. The van der Waals surface area contributed by atoms with E-state index in [9.17, 15) is 14.7 Å². The number of carboxylic acids is 1. The van der Waals surface area contributed by atoms with Crippen LogP contribution >= 0.6 is 0 Å². The van der Waals surface area contributed by atoms with E-state index in [1.54, 1.807) is 6.07 Å². The van der Waals surface area contributed by atoms with E-state index in [4.69, 9.17) is 4.74 Å². The number of aryl methyl sites for hydroxylation is 1. The van der Waals surface area contributed by atoms with Gasteiger partial charge in [0.05, 0.1) is 6.54 Å². The van der Waals surface area contributed by atoms with Crippen LogP contribution in [0.25, 0.3) is 10.9 Å². The molecule has 2 aromatic carbocycles. The molecule has 1 heterocycles. The van der Waals surface area contributed by atoms with Gasteiger partial charge in [0.1, 0.15) is 18.1 Å². The number of fused-ring (bicyclic) bond motifs is 1. The Labute approximate surface area is 183 Å². The van der Waals surface area contributed by atoms with Crippen LogP contribution in [0.15, 0.2) is 54.6 Å². The fraction of sp³-hybridized carbons (Fsp3) is 0.385. The smallest absolute Gasteiger partial charge is 0.352 e. The SMILES string of the molecule is CCCCCCCCc1ccc(OCC(=O)Cn2c(C(=O)O)cc3ccccc32)cc1. The Morgan fingerprint density at radius 2 is 1.65 bits per heavy atom. The summed E-state index contributed by atoms with van der Waals surface area (Å²) in [5, 5.41) is 10.3. The zero-order chi connectivity index (χ0) is 22.1. The molecule has 0 unspecified atom stereocenters. The van der Waals surface area contributed by atoms with Gasteiger partial charge < -0.3 is 14.4 Å². The van der Waals surface area contributed by atoms with Gasteiger partial charge in [0.15, 0.2) is 5.78 Å². The highest BCUT2D eigenvalue weighted by Crippen LogP contribution is 2.20. The van der Waals surface area contributed by atoms with Crippen LogP contribution in [0.3, 0.4) is 0 Å². The molecule has 31 heavy (non-hydrogen) atoms. The molecule has 0 aliphatic carbocycles. The van der Waals surface area contributed by atoms with Crippen molar-refractivity contribution in [2.24, 2.45) is 0 Å². The molecule has 0 aliphatic rings. The van der Waals surface area contributed by atoms with E-state index in [1.165, 1.54) is 48.7 Å². The number of carbonyl (C=O) groups excluding carboxylic acids is 1. The van der Waals surface area contributed by atoms with Gasteiger partial charge >= 0.3 is 5.97 Å². The number of Topliss-reactive ketones (excluding diaryl/α,β-unsaturated/α-hetero) is 1. The zero-order valence-corrected chi connectivity index (χ0v) is 18.2. The number of hydrogen-bond donors (Lipinski definition) is 1. The first kappa shape index (κ1) is 22.6. The average Bonchev–Trinajstić information content (AvgIpc) is 3.14. The Hall–Kier alpha value is -3.08. The van der Waals surface area contributed by atoms with Crippen molar-refractivity contribution >= 4 is 22.7 Å². The maximum Gasteiger partial charge on any atom is 0.352 e. The molecule has 0 fully saturated rings. The summed E-state index contributed by atoms with van der Waals surface area (Å²) in [6.45, 7) is 2.10. The Morgan fingerprint density at radius 1 is 0.935 bits per heavy atom. The van der Waals surface area contributed by atoms with Crippen molar-refractivity contribution in [1.29, 1.82) is 0 Å². The van der Waals surface area contributed by atoms with Gasteiger partial charge in [-0.1, -0.05) is 69.4 Å². The Balaban J connectivity index is 1.50. The minimum atomic E-state index is -1.05. The fourth-order valence-corrected chi connectivity index (χ4v) is 3.81. The summed E-state index contributed by atoms with van der Waals surface area (Å²) >= 11 is 0. The fourth-order valence-electron chi connectivity index (χ4n) is 3.81. The Kier molecular flexibility index (Phi) is 8.27. The minimum absolute atomic E-state index is 0.0364. The number of carboxylic acid groups (broad SMARTS) is 1. The molecule has 0 bridgehead atoms. The second-order valence-electron chi connectivity index (χ2n) is 7.97. The van der Waals surface area contributed by atoms with Gasteiger partial charge in [0, 0.05) is 10.9 Å². The van der Waals surface area contributed by atoms with Crippen molar-refractivity contribution in [3.63, 3.8) is 0 Å². The van der Waals surface area contributed by atoms with Crippen LogP contribution in [0.2, 0.25) is 0 Å². The van der Waals surface area contributed by atoms with E-state index < -0.39 is 5.97 Å². The van der Waals surface area contributed by atoms with E-state index >= 15 is 0 Å². The summed E-state index contributed by atoms with van der Waals surface area (Å²) in [4.78, 5) is 24.0. The quantitative estimate of drug-likeness (QED) is 0.349. The van der Waals surface area contributed by atoms with Crippen molar-refractivity contribution in [2.75, 3.05) is 6.61 Å². The van der Waals surface area contributed by atoms with Gasteiger partial charge in [0.25, 0.3) is 0 Å². The lowest BCUT2D eigenvalue weighted by atomic mass is 10.0. The standard InChI is InChI=1S/C26H31NO4/c1-2-3-4-5-6-7-10-20-13-15-23(16-14-20)31-19-22(28)18-27-24-12-9-8-11-21(24)17-25(27)26(29)30/h8-9,11-17H,2-7,10,18-19H2,1H3,(H,29,30). The van der Waals surface area contributed by atoms with E-state index in [0.29, 0.717) is 5.75 Å². The molecule has 0 spiro atoms. The molecule has 0 amide bonds. The number of para-hydroxylation sites is 1. The van der Waals surface area contributed by atoms with Crippen LogP contribution < -0.4 is 4.74 Å². The number of ether oxygens (including phenoxy) is 1. The van der Waals surface area contributed by atoms with Gasteiger partial charge in [-0.3, -0.25) is 4.79 Å². The highest BCUT2D eigenvalue weighted by molar-refractivity contribution is 5.96. The van der Waals surface area contributed by atoms with Gasteiger partial charge in [-0.2, -0.15) is 0 Å². The van der Waals surface area contributed by atoms with Gasteiger partial charge in [-0.15, -0.1) is 0 Å². The molecule has 1 aromatic heterocycles. The maximum absolute atomic E-state index is 12.5. The number of ketones is 1. The van der Waals surface area contributed by atoms with Gasteiger partial charge in [0.2, 0.25) is 0 Å². The van der Waals surface area contributed by atoms with Gasteiger partial charge in [-0.25, -0.2) is 4.79 Å². The number of carbonyl (C=O) groups is 2. The molecular weight excluding hydrogens is 390 g/mol. The summed E-state index contributed by atoms with van der Waals surface area (Å²) in [6.07, 6.45) is 8.74.